The maximum atomic E-state index is 9.58. The molecule has 0 bridgehead atoms. The molecule has 5 nitrogen and oxygen atoms in total. The molecule has 0 radical (unpaired) electrons. The van der Waals surface area contributed by atoms with Gasteiger partial charge in [0.05, 0.1) is 5.69 Å². The minimum absolute atomic E-state index is 0.0361. The minimum Gasteiger partial charge on any atom is -0.506 e. The predicted molar refractivity (Wildman–Crippen MR) is 58.4 cm³/mol. The molecule has 0 amide bonds. The molecule has 0 aliphatic rings. The lowest BCUT2D eigenvalue weighted by Gasteiger charge is -2.31. The van der Waals surface area contributed by atoms with Crippen molar-refractivity contribution in [3.63, 3.8) is 0 Å². The molecule has 5 N–H and O–H groups in total. The number of nitrogen functional groups attached to an aromatic ring is 1. The van der Waals surface area contributed by atoms with Crippen molar-refractivity contribution in [3.05, 3.63) is 18.2 Å². The van der Waals surface area contributed by atoms with Gasteiger partial charge in [-0.15, -0.1) is 0 Å². The summed E-state index contributed by atoms with van der Waals surface area (Å²) < 4.78 is 0. The number of anilines is 2. The second-order valence-electron chi connectivity index (χ2n) is 3.42. The quantitative estimate of drug-likeness (QED) is 0.332. The van der Waals surface area contributed by atoms with Crippen LogP contribution >= 0.6 is 0 Å². The second kappa shape index (κ2) is 4.37. The molecule has 84 valence electrons. The Morgan fingerprint density at radius 3 is 2.20 bits per heavy atom. The van der Waals surface area contributed by atoms with Crippen LogP contribution in [0.3, 0.4) is 0 Å². The number of hydrogen-bond donors (Lipinski definition) is 4. The summed E-state index contributed by atoms with van der Waals surface area (Å²) in [7, 11) is 0. The van der Waals surface area contributed by atoms with Crippen LogP contribution in [0.25, 0.3) is 0 Å². The second-order valence-corrected chi connectivity index (χ2v) is 3.42. The van der Waals surface area contributed by atoms with Crippen molar-refractivity contribution in [1.29, 1.82) is 0 Å². The third-order valence-electron chi connectivity index (χ3n) is 2.08. The van der Waals surface area contributed by atoms with Crippen molar-refractivity contribution < 1.29 is 15.3 Å². The Balaban J connectivity index is 3.16. The summed E-state index contributed by atoms with van der Waals surface area (Å²) in [5, 5.41) is 28.5. The minimum atomic E-state index is -0.919. The van der Waals surface area contributed by atoms with Crippen LogP contribution in [0.2, 0.25) is 0 Å². The molecule has 5 heteroatoms. The van der Waals surface area contributed by atoms with Crippen molar-refractivity contribution in [2.24, 2.45) is 0 Å². The van der Waals surface area contributed by atoms with E-state index in [4.69, 9.17) is 5.73 Å². The molecule has 0 spiro atoms. The van der Waals surface area contributed by atoms with Crippen molar-refractivity contribution in [2.75, 3.05) is 10.6 Å². The molecule has 0 fully saturated rings. The van der Waals surface area contributed by atoms with Crippen LogP contribution in [0.1, 0.15) is 13.8 Å². The van der Waals surface area contributed by atoms with Crippen molar-refractivity contribution in [1.82, 2.24) is 0 Å². The summed E-state index contributed by atoms with van der Waals surface area (Å²) in [6, 6.07) is 4.46. The van der Waals surface area contributed by atoms with E-state index in [1.807, 2.05) is 0 Å². The highest BCUT2D eigenvalue weighted by atomic mass is 16.3. The molecule has 2 atom stereocenters. The lowest BCUT2D eigenvalue weighted by Crippen LogP contribution is -2.40. The Kier molecular flexibility index (Phi) is 3.39. The first-order valence-corrected chi connectivity index (χ1v) is 4.66. The van der Waals surface area contributed by atoms with Gasteiger partial charge in [-0.05, 0) is 32.0 Å². The van der Waals surface area contributed by atoms with Crippen LogP contribution in [-0.4, -0.2) is 27.8 Å². The largest absolute Gasteiger partial charge is 0.506 e. The van der Waals surface area contributed by atoms with Crippen molar-refractivity contribution >= 4 is 11.4 Å². The summed E-state index contributed by atoms with van der Waals surface area (Å²) in [4.78, 5) is 1.26. The van der Waals surface area contributed by atoms with Gasteiger partial charge in [-0.2, -0.15) is 0 Å². The molecule has 0 aliphatic heterocycles. The fourth-order valence-electron chi connectivity index (χ4n) is 1.46. The zero-order chi connectivity index (χ0) is 11.6. The molecule has 15 heavy (non-hydrogen) atoms. The van der Waals surface area contributed by atoms with Crippen LogP contribution in [0.15, 0.2) is 18.2 Å². The topological polar surface area (TPSA) is 90.0 Å². The van der Waals surface area contributed by atoms with E-state index in [1.54, 1.807) is 6.07 Å². The Labute approximate surface area is 88.4 Å². The number of aliphatic hydroxyl groups is 2. The van der Waals surface area contributed by atoms with Gasteiger partial charge in [-0.3, -0.25) is 0 Å². The Morgan fingerprint density at radius 2 is 1.73 bits per heavy atom. The fraction of sp³-hybridized carbons (Fsp3) is 0.400. The molecular formula is C10H16N2O3. The summed E-state index contributed by atoms with van der Waals surface area (Å²) >= 11 is 0. The van der Waals surface area contributed by atoms with E-state index in [0.717, 1.165) is 0 Å². The molecule has 1 aromatic rings. The average molecular weight is 212 g/mol. The summed E-state index contributed by atoms with van der Waals surface area (Å²) in [5.41, 5.74) is 6.32. The van der Waals surface area contributed by atoms with E-state index < -0.39 is 12.5 Å². The van der Waals surface area contributed by atoms with Crippen LogP contribution in [0, 0.1) is 0 Å². The number of phenolic OH excluding ortho intramolecular Hbond substituents is 1. The number of nitrogens with zero attached hydrogens (tertiary/aromatic N) is 1. The summed E-state index contributed by atoms with van der Waals surface area (Å²) in [6.07, 6.45) is -1.84. The monoisotopic (exact) mass is 212 g/mol. The van der Waals surface area contributed by atoms with Gasteiger partial charge in [0.15, 0.2) is 0 Å². The molecule has 0 saturated heterocycles. The summed E-state index contributed by atoms with van der Waals surface area (Å²) in [5.74, 6) is -0.0361. The third-order valence-corrected chi connectivity index (χ3v) is 2.08. The van der Waals surface area contributed by atoms with Gasteiger partial charge < -0.3 is 26.0 Å². The molecule has 0 aliphatic carbocycles. The maximum Gasteiger partial charge on any atom is 0.139 e. The van der Waals surface area contributed by atoms with E-state index in [9.17, 15) is 15.3 Å². The highest BCUT2D eigenvalue weighted by molar-refractivity contribution is 5.64. The molecule has 1 aromatic carbocycles. The Bertz CT molecular complexity index is 331. The lowest BCUT2D eigenvalue weighted by molar-refractivity contribution is 0.104. The highest BCUT2D eigenvalue weighted by Gasteiger charge is 2.19. The number of nitrogens with two attached hydrogens (primary N) is 1. The molecule has 0 saturated carbocycles. The molecule has 1 rings (SSSR count). The molecular weight excluding hydrogens is 196 g/mol. The van der Waals surface area contributed by atoms with Gasteiger partial charge in [-0.25, -0.2) is 0 Å². The molecule has 0 heterocycles. The van der Waals surface area contributed by atoms with E-state index >= 15 is 0 Å². The average Bonchev–Trinajstić information content (AvgIpc) is 2.10. The SMILES string of the molecule is CC(O)N(c1cc(N)ccc1O)C(C)O. The van der Waals surface area contributed by atoms with Crippen LogP contribution in [0.4, 0.5) is 11.4 Å². The van der Waals surface area contributed by atoms with Gasteiger partial charge in [0.25, 0.3) is 0 Å². The third kappa shape index (κ3) is 2.51. The van der Waals surface area contributed by atoms with Gasteiger partial charge >= 0.3 is 0 Å². The van der Waals surface area contributed by atoms with E-state index in [0.29, 0.717) is 11.4 Å². The van der Waals surface area contributed by atoms with Crippen LogP contribution < -0.4 is 10.6 Å². The lowest BCUT2D eigenvalue weighted by atomic mass is 10.2. The summed E-state index contributed by atoms with van der Waals surface area (Å²) in [6.45, 7) is 2.99. The smallest absolute Gasteiger partial charge is 0.139 e. The first-order chi connectivity index (χ1) is 6.93. The molecule has 0 aromatic heterocycles. The maximum absolute atomic E-state index is 9.58. The van der Waals surface area contributed by atoms with E-state index in [2.05, 4.69) is 0 Å². The fourth-order valence-corrected chi connectivity index (χ4v) is 1.46. The first kappa shape index (κ1) is 11.6. The predicted octanol–water partition coefficient (Wildman–Crippen LogP) is 0.457. The van der Waals surface area contributed by atoms with Gasteiger partial charge in [0.1, 0.15) is 18.2 Å². The Morgan fingerprint density at radius 1 is 1.20 bits per heavy atom. The number of rotatable bonds is 3. The number of aliphatic hydroxyl groups excluding tert-OH is 2. The molecule has 2 unspecified atom stereocenters. The van der Waals surface area contributed by atoms with Crippen LogP contribution in [0.5, 0.6) is 5.75 Å². The van der Waals surface area contributed by atoms with Gasteiger partial charge in [0, 0.05) is 5.69 Å². The van der Waals surface area contributed by atoms with Crippen molar-refractivity contribution in [2.45, 2.75) is 26.3 Å². The van der Waals surface area contributed by atoms with Crippen molar-refractivity contribution in [3.8, 4) is 5.75 Å². The van der Waals surface area contributed by atoms with E-state index in [1.165, 1.54) is 30.9 Å². The normalized spacial score (nSPS) is 14.7. The zero-order valence-corrected chi connectivity index (χ0v) is 8.75. The zero-order valence-electron chi connectivity index (χ0n) is 8.75. The standard InChI is InChI=1S/C10H16N2O3/c1-6(13)12(7(2)14)9-5-8(11)3-4-10(9)15/h3-7,13-15H,11H2,1-2H3. The number of benzene rings is 1. The number of aromatic hydroxyl groups is 1. The highest BCUT2D eigenvalue weighted by Crippen LogP contribution is 2.31. The number of hydrogen-bond acceptors (Lipinski definition) is 5. The Hall–Kier alpha value is -1.46. The first-order valence-electron chi connectivity index (χ1n) is 4.66. The number of phenols is 1. The van der Waals surface area contributed by atoms with Gasteiger partial charge in [0.2, 0.25) is 0 Å². The van der Waals surface area contributed by atoms with Crippen LogP contribution in [-0.2, 0) is 0 Å². The van der Waals surface area contributed by atoms with E-state index in [-0.39, 0.29) is 5.75 Å². The van der Waals surface area contributed by atoms with Gasteiger partial charge in [-0.1, -0.05) is 0 Å².